The summed E-state index contributed by atoms with van der Waals surface area (Å²) in [6, 6.07) is 3.21. The molecule has 0 aromatic carbocycles. The number of nitrogen functional groups attached to an aromatic ring is 1. The molecule has 0 aliphatic rings. The molecule has 0 saturated heterocycles. The molecule has 19 heavy (non-hydrogen) atoms. The lowest BCUT2D eigenvalue weighted by Crippen LogP contribution is -2.15. The van der Waals surface area contributed by atoms with Gasteiger partial charge in [0.05, 0.1) is 12.4 Å². The third-order valence-electron chi connectivity index (χ3n) is 2.43. The lowest BCUT2D eigenvalue weighted by atomic mass is 10.1. The van der Waals surface area contributed by atoms with Gasteiger partial charge in [-0.3, -0.25) is 10.1 Å². The van der Waals surface area contributed by atoms with Gasteiger partial charge in [-0.25, -0.2) is 9.97 Å². The van der Waals surface area contributed by atoms with E-state index < -0.39 is 0 Å². The molecular weight excluding hydrogens is 244 g/mol. The van der Waals surface area contributed by atoms with Crippen molar-refractivity contribution in [3.05, 3.63) is 35.8 Å². The zero-order chi connectivity index (χ0) is 13.8. The summed E-state index contributed by atoms with van der Waals surface area (Å²) in [6.45, 7) is 3.96. The molecular formula is C12H14N6O. The second-order valence-electron chi connectivity index (χ2n) is 4.28. The Labute approximate surface area is 110 Å². The van der Waals surface area contributed by atoms with Crippen LogP contribution in [0.2, 0.25) is 0 Å². The van der Waals surface area contributed by atoms with E-state index in [-0.39, 0.29) is 17.8 Å². The third kappa shape index (κ3) is 3.21. The van der Waals surface area contributed by atoms with E-state index in [0.717, 1.165) is 5.69 Å². The Bertz CT molecular complexity index is 584. The monoisotopic (exact) mass is 258 g/mol. The first kappa shape index (κ1) is 12.9. The van der Waals surface area contributed by atoms with Crippen LogP contribution in [0.3, 0.4) is 0 Å². The van der Waals surface area contributed by atoms with Gasteiger partial charge < -0.3 is 5.73 Å². The molecule has 2 rings (SSSR count). The van der Waals surface area contributed by atoms with Crippen molar-refractivity contribution in [1.82, 2.24) is 20.2 Å². The van der Waals surface area contributed by atoms with Crippen molar-refractivity contribution in [2.24, 2.45) is 0 Å². The standard InChI is InChI=1S/C12H14N6O/c1-7(2)9-5-8(6-10(13)16-9)11(19)17-12-14-3-4-15-18-12/h3-7H,1-2H3,(H2,13,16)(H,14,17,18,19). The molecule has 98 valence electrons. The summed E-state index contributed by atoms with van der Waals surface area (Å²) in [5.74, 6) is 0.297. The molecule has 0 radical (unpaired) electrons. The Morgan fingerprint density at radius 1 is 1.32 bits per heavy atom. The van der Waals surface area contributed by atoms with Crippen LogP contribution in [0.5, 0.6) is 0 Å². The van der Waals surface area contributed by atoms with Crippen LogP contribution in [0.15, 0.2) is 24.5 Å². The maximum Gasteiger partial charge on any atom is 0.258 e. The fourth-order valence-electron chi connectivity index (χ4n) is 1.48. The number of nitrogens with two attached hydrogens (primary N) is 1. The van der Waals surface area contributed by atoms with E-state index in [2.05, 4.69) is 25.5 Å². The predicted octanol–water partition coefficient (Wildman–Crippen LogP) is 1.22. The lowest BCUT2D eigenvalue weighted by molar-refractivity contribution is 0.102. The number of aromatic nitrogens is 4. The minimum atomic E-state index is -0.344. The molecule has 1 amide bonds. The number of carbonyl (C=O) groups is 1. The molecule has 2 aromatic heterocycles. The minimum Gasteiger partial charge on any atom is -0.384 e. The zero-order valence-electron chi connectivity index (χ0n) is 10.7. The first-order valence-corrected chi connectivity index (χ1v) is 5.79. The molecule has 7 heteroatoms. The largest absolute Gasteiger partial charge is 0.384 e. The van der Waals surface area contributed by atoms with Crippen LogP contribution in [-0.2, 0) is 0 Å². The molecule has 0 unspecified atom stereocenters. The van der Waals surface area contributed by atoms with Gasteiger partial charge in [-0.1, -0.05) is 13.8 Å². The molecule has 0 atom stereocenters. The summed E-state index contributed by atoms with van der Waals surface area (Å²) < 4.78 is 0. The van der Waals surface area contributed by atoms with Crippen molar-refractivity contribution in [1.29, 1.82) is 0 Å². The summed E-state index contributed by atoms with van der Waals surface area (Å²) in [5.41, 5.74) is 6.88. The molecule has 0 aliphatic carbocycles. The summed E-state index contributed by atoms with van der Waals surface area (Å²) in [4.78, 5) is 20.1. The molecule has 0 spiro atoms. The van der Waals surface area contributed by atoms with E-state index in [9.17, 15) is 4.79 Å². The maximum atomic E-state index is 12.0. The van der Waals surface area contributed by atoms with Gasteiger partial charge in [-0.15, -0.1) is 5.10 Å². The van der Waals surface area contributed by atoms with Gasteiger partial charge in [0.2, 0.25) is 5.95 Å². The van der Waals surface area contributed by atoms with Crippen molar-refractivity contribution in [2.45, 2.75) is 19.8 Å². The normalized spacial score (nSPS) is 10.5. The minimum absolute atomic E-state index is 0.147. The number of pyridine rings is 1. The fourth-order valence-corrected chi connectivity index (χ4v) is 1.48. The number of hydrogen-bond donors (Lipinski definition) is 2. The van der Waals surface area contributed by atoms with Gasteiger partial charge in [0.1, 0.15) is 5.82 Å². The Balaban J connectivity index is 2.24. The highest BCUT2D eigenvalue weighted by Gasteiger charge is 2.12. The first-order valence-electron chi connectivity index (χ1n) is 5.79. The van der Waals surface area contributed by atoms with Crippen molar-refractivity contribution >= 4 is 17.7 Å². The number of nitrogens with zero attached hydrogens (tertiary/aromatic N) is 4. The number of rotatable bonds is 3. The average molecular weight is 258 g/mol. The van der Waals surface area contributed by atoms with E-state index >= 15 is 0 Å². The van der Waals surface area contributed by atoms with Crippen LogP contribution < -0.4 is 11.1 Å². The molecule has 7 nitrogen and oxygen atoms in total. The van der Waals surface area contributed by atoms with Gasteiger partial charge >= 0.3 is 0 Å². The highest BCUT2D eigenvalue weighted by molar-refractivity contribution is 6.03. The molecule has 2 heterocycles. The molecule has 0 aliphatic heterocycles. The molecule has 0 bridgehead atoms. The van der Waals surface area contributed by atoms with Gasteiger partial charge in [0.25, 0.3) is 5.91 Å². The average Bonchev–Trinajstić information content (AvgIpc) is 2.39. The number of amides is 1. The predicted molar refractivity (Wildman–Crippen MR) is 70.5 cm³/mol. The highest BCUT2D eigenvalue weighted by Crippen LogP contribution is 2.16. The number of carbonyl (C=O) groups excluding carboxylic acids is 1. The summed E-state index contributed by atoms with van der Waals surface area (Å²) in [7, 11) is 0. The Morgan fingerprint density at radius 2 is 2.11 bits per heavy atom. The van der Waals surface area contributed by atoms with Gasteiger partial charge in [0.15, 0.2) is 0 Å². The van der Waals surface area contributed by atoms with Crippen LogP contribution in [0.1, 0.15) is 35.8 Å². The molecule has 0 fully saturated rings. The van der Waals surface area contributed by atoms with E-state index in [1.54, 1.807) is 6.07 Å². The Morgan fingerprint density at radius 3 is 2.74 bits per heavy atom. The third-order valence-corrected chi connectivity index (χ3v) is 2.43. The van der Waals surface area contributed by atoms with Gasteiger partial charge in [-0.05, 0) is 18.1 Å². The molecule has 3 N–H and O–H groups in total. The van der Waals surface area contributed by atoms with Crippen molar-refractivity contribution in [3.8, 4) is 0 Å². The van der Waals surface area contributed by atoms with E-state index in [1.165, 1.54) is 18.5 Å². The highest BCUT2D eigenvalue weighted by atomic mass is 16.1. The van der Waals surface area contributed by atoms with Gasteiger partial charge in [-0.2, -0.15) is 5.10 Å². The van der Waals surface area contributed by atoms with Crippen LogP contribution in [0, 0.1) is 0 Å². The number of hydrogen-bond acceptors (Lipinski definition) is 6. The Kier molecular flexibility index (Phi) is 3.65. The van der Waals surface area contributed by atoms with Crippen molar-refractivity contribution < 1.29 is 4.79 Å². The van der Waals surface area contributed by atoms with Crippen molar-refractivity contribution in [3.63, 3.8) is 0 Å². The second kappa shape index (κ2) is 5.38. The molecule has 2 aromatic rings. The van der Waals surface area contributed by atoms with Crippen LogP contribution in [0.25, 0.3) is 0 Å². The second-order valence-corrected chi connectivity index (χ2v) is 4.28. The van der Waals surface area contributed by atoms with Crippen LogP contribution in [-0.4, -0.2) is 26.1 Å². The summed E-state index contributed by atoms with van der Waals surface area (Å²) in [6.07, 6.45) is 2.88. The lowest BCUT2D eigenvalue weighted by Gasteiger charge is -2.08. The maximum absolute atomic E-state index is 12.0. The van der Waals surface area contributed by atoms with E-state index in [0.29, 0.717) is 11.4 Å². The summed E-state index contributed by atoms with van der Waals surface area (Å²) >= 11 is 0. The smallest absolute Gasteiger partial charge is 0.258 e. The zero-order valence-corrected chi connectivity index (χ0v) is 10.7. The van der Waals surface area contributed by atoms with Crippen LogP contribution >= 0.6 is 0 Å². The van der Waals surface area contributed by atoms with Gasteiger partial charge in [0, 0.05) is 11.3 Å². The molecule has 0 saturated carbocycles. The van der Waals surface area contributed by atoms with E-state index in [4.69, 9.17) is 5.73 Å². The summed E-state index contributed by atoms with van der Waals surface area (Å²) in [5, 5.41) is 9.86. The van der Waals surface area contributed by atoms with Crippen molar-refractivity contribution in [2.75, 3.05) is 11.1 Å². The quantitative estimate of drug-likeness (QED) is 0.857. The number of anilines is 2. The fraction of sp³-hybridized carbons (Fsp3) is 0.250. The van der Waals surface area contributed by atoms with E-state index in [1.807, 2.05) is 13.8 Å². The Hall–Kier alpha value is -2.57. The number of nitrogens with one attached hydrogen (secondary N) is 1. The topological polar surface area (TPSA) is 107 Å². The van der Waals surface area contributed by atoms with Crippen LogP contribution in [0.4, 0.5) is 11.8 Å². The SMILES string of the molecule is CC(C)c1cc(C(=O)Nc2nccnn2)cc(N)n1. The first-order chi connectivity index (χ1) is 9.06.